The number of hydrogen-bond acceptors (Lipinski definition) is 2. The zero-order chi connectivity index (χ0) is 10.0. The fraction of sp³-hybridized carbons (Fsp3) is 0.700. The molecular formula is C10H18N2O. The standard InChI is InChI=1S/C10H18N2O/c1-5-10-11-8(3)9(4)12(10)6-7(2)13/h7,13H,5-6H2,1-4H3. The van der Waals surface area contributed by atoms with Crippen LogP contribution in [0, 0.1) is 13.8 Å². The number of rotatable bonds is 3. The van der Waals surface area contributed by atoms with Crippen LogP contribution in [-0.4, -0.2) is 20.8 Å². The molecule has 1 unspecified atom stereocenters. The lowest BCUT2D eigenvalue weighted by Gasteiger charge is -2.10. The van der Waals surface area contributed by atoms with Crippen LogP contribution in [0.5, 0.6) is 0 Å². The first-order valence-electron chi connectivity index (χ1n) is 4.77. The molecule has 0 aliphatic heterocycles. The molecule has 0 amide bonds. The summed E-state index contributed by atoms with van der Waals surface area (Å²) in [5.41, 5.74) is 2.23. The van der Waals surface area contributed by atoms with Gasteiger partial charge in [0.05, 0.1) is 11.8 Å². The van der Waals surface area contributed by atoms with E-state index in [9.17, 15) is 5.11 Å². The molecule has 3 heteroatoms. The van der Waals surface area contributed by atoms with E-state index in [1.807, 2.05) is 13.8 Å². The van der Waals surface area contributed by atoms with E-state index in [0.29, 0.717) is 6.54 Å². The van der Waals surface area contributed by atoms with Crippen LogP contribution in [0.2, 0.25) is 0 Å². The van der Waals surface area contributed by atoms with Gasteiger partial charge in [0.15, 0.2) is 0 Å². The molecular weight excluding hydrogens is 164 g/mol. The Labute approximate surface area is 79.4 Å². The minimum atomic E-state index is -0.308. The molecule has 13 heavy (non-hydrogen) atoms. The number of hydrogen-bond donors (Lipinski definition) is 1. The summed E-state index contributed by atoms with van der Waals surface area (Å²) in [5, 5.41) is 9.31. The number of aliphatic hydroxyl groups excluding tert-OH is 1. The van der Waals surface area contributed by atoms with Crippen molar-refractivity contribution in [2.24, 2.45) is 0 Å². The fourth-order valence-corrected chi connectivity index (χ4v) is 1.50. The van der Waals surface area contributed by atoms with Gasteiger partial charge in [0.1, 0.15) is 5.82 Å². The normalized spacial score (nSPS) is 13.3. The highest BCUT2D eigenvalue weighted by atomic mass is 16.3. The summed E-state index contributed by atoms with van der Waals surface area (Å²) in [6.45, 7) is 8.58. The lowest BCUT2D eigenvalue weighted by atomic mass is 10.3. The van der Waals surface area contributed by atoms with E-state index in [2.05, 4.69) is 16.5 Å². The summed E-state index contributed by atoms with van der Waals surface area (Å²) in [4.78, 5) is 4.43. The molecule has 1 aromatic heterocycles. The average Bonchev–Trinajstić information content (AvgIpc) is 2.31. The van der Waals surface area contributed by atoms with Gasteiger partial charge in [-0.25, -0.2) is 4.98 Å². The summed E-state index contributed by atoms with van der Waals surface area (Å²) < 4.78 is 2.10. The molecule has 0 bridgehead atoms. The largest absolute Gasteiger partial charge is 0.392 e. The summed E-state index contributed by atoms with van der Waals surface area (Å²) in [7, 11) is 0. The Morgan fingerprint density at radius 2 is 2.08 bits per heavy atom. The molecule has 1 heterocycles. The van der Waals surface area contributed by atoms with Crippen molar-refractivity contribution in [3.05, 3.63) is 17.2 Å². The van der Waals surface area contributed by atoms with Gasteiger partial charge in [0.2, 0.25) is 0 Å². The molecule has 1 atom stereocenters. The number of nitrogens with zero attached hydrogens (tertiary/aromatic N) is 2. The topological polar surface area (TPSA) is 38.0 Å². The van der Waals surface area contributed by atoms with Crippen LogP contribution in [0.3, 0.4) is 0 Å². The minimum Gasteiger partial charge on any atom is -0.392 e. The Morgan fingerprint density at radius 1 is 1.46 bits per heavy atom. The Hall–Kier alpha value is -0.830. The Balaban J connectivity index is 3.01. The highest BCUT2D eigenvalue weighted by Crippen LogP contribution is 2.11. The van der Waals surface area contributed by atoms with Gasteiger partial charge < -0.3 is 9.67 Å². The Kier molecular flexibility index (Phi) is 3.09. The van der Waals surface area contributed by atoms with Crippen LogP contribution in [0.25, 0.3) is 0 Å². The second-order valence-corrected chi connectivity index (χ2v) is 3.51. The average molecular weight is 182 g/mol. The predicted octanol–water partition coefficient (Wildman–Crippen LogP) is 1.44. The van der Waals surface area contributed by atoms with Crippen LogP contribution in [0.15, 0.2) is 0 Å². The fourth-order valence-electron chi connectivity index (χ4n) is 1.50. The second kappa shape index (κ2) is 3.92. The highest BCUT2D eigenvalue weighted by Gasteiger charge is 2.10. The van der Waals surface area contributed by atoms with Crippen molar-refractivity contribution < 1.29 is 5.11 Å². The number of aliphatic hydroxyl groups is 1. The number of aryl methyl sites for hydroxylation is 2. The summed E-state index contributed by atoms with van der Waals surface area (Å²) in [6, 6.07) is 0. The minimum absolute atomic E-state index is 0.308. The van der Waals surface area contributed by atoms with Crippen LogP contribution in [0.1, 0.15) is 31.1 Å². The van der Waals surface area contributed by atoms with E-state index in [0.717, 1.165) is 23.6 Å². The van der Waals surface area contributed by atoms with Gasteiger partial charge in [-0.05, 0) is 20.8 Å². The van der Waals surface area contributed by atoms with Crippen molar-refractivity contribution in [2.45, 2.75) is 46.8 Å². The Morgan fingerprint density at radius 3 is 2.54 bits per heavy atom. The van der Waals surface area contributed by atoms with E-state index in [1.54, 1.807) is 6.92 Å². The third-order valence-electron chi connectivity index (χ3n) is 2.30. The lowest BCUT2D eigenvalue weighted by Crippen LogP contribution is -2.15. The van der Waals surface area contributed by atoms with Crippen LogP contribution in [-0.2, 0) is 13.0 Å². The summed E-state index contributed by atoms with van der Waals surface area (Å²) in [6.07, 6.45) is 0.610. The molecule has 0 aliphatic carbocycles. The van der Waals surface area contributed by atoms with Gasteiger partial charge >= 0.3 is 0 Å². The predicted molar refractivity (Wildman–Crippen MR) is 52.8 cm³/mol. The first-order chi connectivity index (χ1) is 6.06. The molecule has 0 saturated carbocycles. The zero-order valence-corrected chi connectivity index (χ0v) is 8.83. The maximum atomic E-state index is 9.31. The molecule has 1 N–H and O–H groups in total. The number of aromatic nitrogens is 2. The van der Waals surface area contributed by atoms with E-state index in [4.69, 9.17) is 0 Å². The summed E-state index contributed by atoms with van der Waals surface area (Å²) >= 11 is 0. The lowest BCUT2D eigenvalue weighted by molar-refractivity contribution is 0.171. The maximum Gasteiger partial charge on any atom is 0.108 e. The van der Waals surface area contributed by atoms with Gasteiger partial charge in [0.25, 0.3) is 0 Å². The monoisotopic (exact) mass is 182 g/mol. The maximum absolute atomic E-state index is 9.31. The van der Waals surface area contributed by atoms with Crippen molar-refractivity contribution in [1.82, 2.24) is 9.55 Å². The van der Waals surface area contributed by atoms with E-state index < -0.39 is 0 Å². The molecule has 1 aromatic rings. The van der Waals surface area contributed by atoms with Crippen LogP contribution >= 0.6 is 0 Å². The van der Waals surface area contributed by atoms with Crippen LogP contribution in [0.4, 0.5) is 0 Å². The van der Waals surface area contributed by atoms with E-state index in [-0.39, 0.29) is 6.10 Å². The Bertz CT molecular complexity index is 289. The first kappa shape index (κ1) is 10.3. The first-order valence-corrected chi connectivity index (χ1v) is 4.77. The van der Waals surface area contributed by atoms with Crippen molar-refractivity contribution in [1.29, 1.82) is 0 Å². The molecule has 74 valence electrons. The van der Waals surface area contributed by atoms with Crippen LogP contribution < -0.4 is 0 Å². The van der Waals surface area contributed by atoms with Gasteiger partial charge in [0, 0.05) is 18.7 Å². The van der Waals surface area contributed by atoms with Gasteiger partial charge in [-0.15, -0.1) is 0 Å². The molecule has 0 aromatic carbocycles. The summed E-state index contributed by atoms with van der Waals surface area (Å²) in [5.74, 6) is 1.07. The SMILES string of the molecule is CCc1nc(C)c(C)n1CC(C)O. The number of imidazole rings is 1. The molecule has 0 aliphatic rings. The smallest absolute Gasteiger partial charge is 0.108 e. The van der Waals surface area contributed by atoms with Crippen molar-refractivity contribution in [3.8, 4) is 0 Å². The molecule has 3 nitrogen and oxygen atoms in total. The van der Waals surface area contributed by atoms with Gasteiger partial charge in [-0.1, -0.05) is 6.92 Å². The molecule has 0 spiro atoms. The van der Waals surface area contributed by atoms with E-state index >= 15 is 0 Å². The molecule has 1 rings (SSSR count). The third kappa shape index (κ3) is 2.10. The van der Waals surface area contributed by atoms with Gasteiger partial charge in [-0.2, -0.15) is 0 Å². The molecule has 0 radical (unpaired) electrons. The third-order valence-corrected chi connectivity index (χ3v) is 2.30. The molecule has 0 saturated heterocycles. The van der Waals surface area contributed by atoms with E-state index in [1.165, 1.54) is 0 Å². The quantitative estimate of drug-likeness (QED) is 0.768. The van der Waals surface area contributed by atoms with Crippen molar-refractivity contribution >= 4 is 0 Å². The second-order valence-electron chi connectivity index (χ2n) is 3.51. The van der Waals surface area contributed by atoms with Gasteiger partial charge in [-0.3, -0.25) is 0 Å². The van der Waals surface area contributed by atoms with Crippen molar-refractivity contribution in [3.63, 3.8) is 0 Å². The van der Waals surface area contributed by atoms with Crippen molar-refractivity contribution in [2.75, 3.05) is 0 Å². The zero-order valence-electron chi connectivity index (χ0n) is 8.83. The highest BCUT2D eigenvalue weighted by molar-refractivity contribution is 5.14. The molecule has 0 fully saturated rings.